The van der Waals surface area contributed by atoms with E-state index in [1.165, 1.54) is 18.2 Å². The van der Waals surface area contributed by atoms with E-state index in [2.05, 4.69) is 10.2 Å². The maximum atomic E-state index is 14.6. The second-order valence-electron chi connectivity index (χ2n) is 7.10. The van der Waals surface area contributed by atoms with Gasteiger partial charge < -0.3 is 4.90 Å². The lowest BCUT2D eigenvalue weighted by Gasteiger charge is -2.22. The third kappa shape index (κ3) is 3.83. The van der Waals surface area contributed by atoms with Crippen molar-refractivity contribution in [3.63, 3.8) is 0 Å². The van der Waals surface area contributed by atoms with E-state index in [0.717, 1.165) is 17.0 Å². The number of fused-ring (bicyclic) bond motifs is 1. The van der Waals surface area contributed by atoms with Gasteiger partial charge in [0.15, 0.2) is 5.69 Å². The number of anilines is 1. The number of carbonyl (C=O) groups excluding carboxylic acids is 1. The van der Waals surface area contributed by atoms with Gasteiger partial charge >= 0.3 is 6.18 Å². The number of rotatable bonds is 2. The normalized spacial score (nSPS) is 16.5. The molecule has 1 aromatic heterocycles. The van der Waals surface area contributed by atoms with E-state index < -0.39 is 46.6 Å². The maximum absolute atomic E-state index is 14.6. The van der Waals surface area contributed by atoms with Gasteiger partial charge in [-0.05, 0) is 64.9 Å². The van der Waals surface area contributed by atoms with Gasteiger partial charge in [-0.15, -0.1) is 0 Å². The molecule has 0 spiro atoms. The summed E-state index contributed by atoms with van der Waals surface area (Å²) in [5, 5.41) is 14.6. The summed E-state index contributed by atoms with van der Waals surface area (Å²) >= 11 is 1.90. The van der Waals surface area contributed by atoms with E-state index in [1.54, 1.807) is 12.1 Å². The Hall–Kier alpha value is -3.01. The number of nitriles is 1. The van der Waals surface area contributed by atoms with Crippen LogP contribution in [0.25, 0.3) is 0 Å². The maximum Gasteiger partial charge on any atom is 0.435 e. The number of aromatic nitrogens is 2. The highest BCUT2D eigenvalue weighted by Crippen LogP contribution is 2.42. The number of halogens is 6. The molecule has 0 fully saturated rings. The first-order valence-corrected chi connectivity index (χ1v) is 10.3. The molecule has 2 aromatic carbocycles. The fourth-order valence-corrected chi connectivity index (χ4v) is 4.27. The van der Waals surface area contributed by atoms with E-state index in [0.29, 0.717) is 3.57 Å². The van der Waals surface area contributed by atoms with E-state index in [1.807, 2.05) is 22.6 Å². The number of benzene rings is 2. The smallest absolute Gasteiger partial charge is 0.304 e. The standard InChI is InChI=1S/C21H12F5IN4O/c22-14-3-1-10(7-11(14)9-28)13-5-6-31(16-4-2-12(27)8-15(16)23)20(32)18-17(13)19(30-29-18)21(24,25)26/h1-4,7-8,13H,5-6H2,(H,29,30). The van der Waals surface area contributed by atoms with Crippen molar-refractivity contribution in [2.24, 2.45) is 0 Å². The average Bonchev–Trinajstić information content (AvgIpc) is 3.12. The molecule has 0 bridgehead atoms. The zero-order valence-electron chi connectivity index (χ0n) is 16.0. The van der Waals surface area contributed by atoms with E-state index in [-0.39, 0.29) is 29.8 Å². The Morgan fingerprint density at radius 2 is 1.91 bits per heavy atom. The van der Waals surface area contributed by atoms with Crippen LogP contribution >= 0.6 is 22.6 Å². The fraction of sp³-hybridized carbons (Fsp3) is 0.190. The first-order chi connectivity index (χ1) is 15.1. The molecule has 4 rings (SSSR count). The molecule has 5 nitrogen and oxygen atoms in total. The van der Waals surface area contributed by atoms with Crippen molar-refractivity contribution in [3.8, 4) is 6.07 Å². The summed E-state index contributed by atoms with van der Waals surface area (Å²) in [5.74, 6) is -3.41. The predicted molar refractivity (Wildman–Crippen MR) is 112 cm³/mol. The molecule has 0 aliphatic carbocycles. The van der Waals surface area contributed by atoms with Crippen LogP contribution < -0.4 is 4.90 Å². The Morgan fingerprint density at radius 1 is 1.16 bits per heavy atom. The molecule has 32 heavy (non-hydrogen) atoms. The fourth-order valence-electron chi connectivity index (χ4n) is 3.82. The Kier molecular flexibility index (Phi) is 5.66. The van der Waals surface area contributed by atoms with Gasteiger partial charge in [0.1, 0.15) is 23.4 Å². The summed E-state index contributed by atoms with van der Waals surface area (Å²) in [7, 11) is 0. The molecule has 0 saturated heterocycles. The molecule has 1 amide bonds. The lowest BCUT2D eigenvalue weighted by molar-refractivity contribution is -0.141. The highest BCUT2D eigenvalue weighted by Gasteiger charge is 2.44. The monoisotopic (exact) mass is 558 g/mol. The van der Waals surface area contributed by atoms with Crippen LogP contribution in [0.5, 0.6) is 0 Å². The molecule has 1 unspecified atom stereocenters. The van der Waals surface area contributed by atoms with Crippen molar-refractivity contribution in [2.75, 3.05) is 11.4 Å². The summed E-state index contributed by atoms with van der Waals surface area (Å²) in [6.07, 6.45) is -4.91. The third-order valence-electron chi connectivity index (χ3n) is 5.24. The number of amides is 1. The zero-order chi connectivity index (χ0) is 23.2. The van der Waals surface area contributed by atoms with Gasteiger partial charge in [-0.1, -0.05) is 6.07 Å². The first kappa shape index (κ1) is 22.2. The molecule has 2 heterocycles. The Balaban J connectivity index is 1.90. The van der Waals surface area contributed by atoms with E-state index >= 15 is 0 Å². The first-order valence-electron chi connectivity index (χ1n) is 9.23. The van der Waals surface area contributed by atoms with Gasteiger partial charge in [-0.2, -0.15) is 23.5 Å². The minimum Gasteiger partial charge on any atom is -0.304 e. The van der Waals surface area contributed by atoms with Crippen LogP contribution in [0.3, 0.4) is 0 Å². The van der Waals surface area contributed by atoms with Crippen LogP contribution in [-0.2, 0) is 6.18 Å². The summed E-state index contributed by atoms with van der Waals surface area (Å²) < 4.78 is 70.1. The number of aromatic amines is 1. The molecule has 1 aliphatic rings. The number of H-pyrrole nitrogens is 1. The van der Waals surface area contributed by atoms with Gasteiger partial charge in [0.2, 0.25) is 0 Å². The van der Waals surface area contributed by atoms with Gasteiger partial charge in [0.25, 0.3) is 5.91 Å². The second kappa shape index (κ2) is 8.16. The van der Waals surface area contributed by atoms with Crippen LogP contribution in [0.1, 0.15) is 45.2 Å². The highest BCUT2D eigenvalue weighted by molar-refractivity contribution is 14.1. The quantitative estimate of drug-likeness (QED) is 0.340. The molecule has 164 valence electrons. The van der Waals surface area contributed by atoms with Crippen molar-refractivity contribution < 1.29 is 26.7 Å². The largest absolute Gasteiger partial charge is 0.435 e. The van der Waals surface area contributed by atoms with Crippen LogP contribution in [-0.4, -0.2) is 22.6 Å². The lowest BCUT2D eigenvalue weighted by Crippen LogP contribution is -2.32. The summed E-state index contributed by atoms with van der Waals surface area (Å²) in [5.41, 5.74) is -2.32. The molecule has 0 radical (unpaired) electrons. The summed E-state index contributed by atoms with van der Waals surface area (Å²) in [6, 6.07) is 9.23. The summed E-state index contributed by atoms with van der Waals surface area (Å²) in [6.45, 7) is -0.111. The molecule has 1 aliphatic heterocycles. The predicted octanol–water partition coefficient (Wildman–Crippen LogP) is 5.37. The third-order valence-corrected chi connectivity index (χ3v) is 5.91. The number of nitrogens with zero attached hydrogens (tertiary/aromatic N) is 3. The number of hydrogen-bond donors (Lipinski definition) is 1. The zero-order valence-corrected chi connectivity index (χ0v) is 18.1. The molecular weight excluding hydrogens is 546 g/mol. The average molecular weight is 558 g/mol. The molecule has 1 N–H and O–H groups in total. The van der Waals surface area contributed by atoms with Crippen LogP contribution in [0.4, 0.5) is 27.6 Å². The Labute approximate surface area is 192 Å². The van der Waals surface area contributed by atoms with Crippen LogP contribution in [0.2, 0.25) is 0 Å². The van der Waals surface area contributed by atoms with Gasteiger partial charge in [-0.25, -0.2) is 8.78 Å². The Morgan fingerprint density at radius 3 is 2.56 bits per heavy atom. The minimum atomic E-state index is -4.87. The van der Waals surface area contributed by atoms with Crippen molar-refractivity contribution in [3.05, 3.63) is 79.7 Å². The van der Waals surface area contributed by atoms with E-state index in [4.69, 9.17) is 5.26 Å². The molecule has 1 atom stereocenters. The molecule has 3 aromatic rings. The van der Waals surface area contributed by atoms with Crippen molar-refractivity contribution >= 4 is 34.2 Å². The van der Waals surface area contributed by atoms with Crippen LogP contribution in [0, 0.1) is 26.5 Å². The number of alkyl halides is 3. The van der Waals surface area contributed by atoms with Gasteiger partial charge in [0.05, 0.1) is 11.3 Å². The second-order valence-corrected chi connectivity index (χ2v) is 8.35. The highest BCUT2D eigenvalue weighted by atomic mass is 127. The van der Waals surface area contributed by atoms with Gasteiger partial charge in [0, 0.05) is 21.6 Å². The molecule has 0 saturated carbocycles. The van der Waals surface area contributed by atoms with Crippen LogP contribution in [0.15, 0.2) is 36.4 Å². The van der Waals surface area contributed by atoms with Gasteiger partial charge in [-0.3, -0.25) is 9.89 Å². The number of hydrogen-bond acceptors (Lipinski definition) is 3. The summed E-state index contributed by atoms with van der Waals surface area (Å²) in [4.78, 5) is 14.2. The van der Waals surface area contributed by atoms with Crippen molar-refractivity contribution in [2.45, 2.75) is 18.5 Å². The topological polar surface area (TPSA) is 72.8 Å². The lowest BCUT2D eigenvalue weighted by atomic mass is 9.86. The Bertz CT molecular complexity index is 1260. The van der Waals surface area contributed by atoms with Crippen molar-refractivity contribution in [1.82, 2.24) is 10.2 Å². The van der Waals surface area contributed by atoms with Crippen molar-refractivity contribution in [1.29, 1.82) is 5.26 Å². The minimum absolute atomic E-state index is 0.0384. The SMILES string of the molecule is N#Cc1cc(C2CCN(c3ccc(I)cc3F)C(=O)c3[nH]nc(C(F)(F)F)c32)ccc1F. The molecule has 11 heteroatoms. The number of nitrogens with one attached hydrogen (secondary N) is 1. The van der Waals surface area contributed by atoms with E-state index in [9.17, 15) is 26.7 Å². The molecular formula is C21H12F5IN4O. The number of carbonyl (C=O) groups is 1.